The zero-order valence-electron chi connectivity index (χ0n) is 24.2. The SMILES string of the molecule is C[C@H](CC(=O)N[C@@H](c1ccn2cc([C@@H](NC(=O)c3ncnn3CC3CC3)C3CCC(F)(F)CC3)nc2n1)C1CC1)C(F)(F)F. The molecule has 2 amide bonds. The number of rotatable bonds is 11. The Morgan fingerprint density at radius 3 is 2.32 bits per heavy atom. The third-order valence-corrected chi connectivity index (χ3v) is 8.93. The summed E-state index contributed by atoms with van der Waals surface area (Å²) in [4.78, 5) is 39.4. The molecule has 3 aromatic rings. The lowest BCUT2D eigenvalue weighted by atomic mass is 9.81. The topological polar surface area (TPSA) is 119 Å². The molecule has 6 rings (SSSR count). The number of alkyl halides is 5. The number of aromatic nitrogens is 6. The molecular weight excluding hydrogens is 587 g/mol. The fourth-order valence-corrected chi connectivity index (χ4v) is 5.87. The van der Waals surface area contributed by atoms with Gasteiger partial charge in [-0.15, -0.1) is 0 Å². The van der Waals surface area contributed by atoms with Gasteiger partial charge in [0.1, 0.15) is 6.33 Å². The van der Waals surface area contributed by atoms with Gasteiger partial charge in [0, 0.05) is 38.2 Å². The van der Waals surface area contributed by atoms with Gasteiger partial charge in [0.25, 0.3) is 5.91 Å². The lowest BCUT2D eigenvalue weighted by Gasteiger charge is -2.33. The van der Waals surface area contributed by atoms with Gasteiger partial charge in [0.15, 0.2) is 0 Å². The van der Waals surface area contributed by atoms with Crippen LogP contribution in [0.25, 0.3) is 5.78 Å². The minimum atomic E-state index is -4.47. The van der Waals surface area contributed by atoms with E-state index >= 15 is 0 Å². The standard InChI is InChI=1S/C29H35F5N8O2/c1-16(29(32,33)34)12-22(43)39-23(18-4-5-18)20-8-11-41-14-21(38-27(41)37-20)24(19-6-9-28(30,31)10-7-19)40-26(44)25-35-15-36-42(25)13-17-2-3-17/h8,11,14-19,23-24H,2-7,9-10,12-13H2,1H3,(H,39,43)(H,40,44)/t16-,23-,24+/m1/s1. The molecular formula is C29H35F5N8O2. The van der Waals surface area contributed by atoms with Crippen molar-refractivity contribution in [3.63, 3.8) is 0 Å². The number of hydrogen-bond acceptors (Lipinski definition) is 6. The van der Waals surface area contributed by atoms with Gasteiger partial charge in [0.05, 0.1) is 29.4 Å². The van der Waals surface area contributed by atoms with Crippen molar-refractivity contribution in [2.24, 2.45) is 23.7 Å². The average Bonchev–Trinajstić information content (AvgIpc) is 3.88. The Morgan fingerprint density at radius 1 is 1.00 bits per heavy atom. The van der Waals surface area contributed by atoms with Crippen molar-refractivity contribution in [2.45, 2.75) is 95.4 Å². The average molecular weight is 623 g/mol. The second-order valence-electron chi connectivity index (χ2n) is 12.6. The second kappa shape index (κ2) is 11.7. The molecule has 3 fully saturated rings. The van der Waals surface area contributed by atoms with Crippen molar-refractivity contribution in [1.82, 2.24) is 39.8 Å². The van der Waals surface area contributed by atoms with Crippen LogP contribution in [0.15, 0.2) is 24.8 Å². The van der Waals surface area contributed by atoms with Crippen LogP contribution in [0.4, 0.5) is 22.0 Å². The van der Waals surface area contributed by atoms with Crippen molar-refractivity contribution in [3.8, 4) is 0 Å². The maximum atomic E-state index is 14.1. The van der Waals surface area contributed by atoms with Gasteiger partial charge in [-0.25, -0.2) is 28.4 Å². The predicted molar refractivity (Wildman–Crippen MR) is 146 cm³/mol. The summed E-state index contributed by atoms with van der Waals surface area (Å²) >= 11 is 0. The van der Waals surface area contributed by atoms with E-state index in [0.717, 1.165) is 32.6 Å². The van der Waals surface area contributed by atoms with Gasteiger partial charge >= 0.3 is 6.18 Å². The first-order valence-corrected chi connectivity index (χ1v) is 15.1. The van der Waals surface area contributed by atoms with Gasteiger partial charge in [-0.05, 0) is 62.3 Å². The Morgan fingerprint density at radius 2 is 1.66 bits per heavy atom. The maximum Gasteiger partial charge on any atom is 0.392 e. The summed E-state index contributed by atoms with van der Waals surface area (Å²) in [7, 11) is 0. The molecule has 0 aromatic carbocycles. The highest BCUT2D eigenvalue weighted by atomic mass is 19.4. The molecule has 3 saturated carbocycles. The predicted octanol–water partition coefficient (Wildman–Crippen LogP) is 5.18. The van der Waals surface area contributed by atoms with E-state index in [0.29, 0.717) is 23.9 Å². The highest BCUT2D eigenvalue weighted by Crippen LogP contribution is 2.43. The molecule has 3 aliphatic carbocycles. The van der Waals surface area contributed by atoms with Gasteiger partial charge in [-0.3, -0.25) is 14.0 Å². The summed E-state index contributed by atoms with van der Waals surface area (Å²) < 4.78 is 70.4. The Balaban J connectivity index is 1.24. The molecule has 3 aliphatic rings. The first-order chi connectivity index (χ1) is 20.9. The molecule has 10 nitrogen and oxygen atoms in total. The lowest BCUT2D eigenvalue weighted by Crippen LogP contribution is -2.38. The highest BCUT2D eigenvalue weighted by Gasteiger charge is 2.41. The molecule has 0 radical (unpaired) electrons. The molecule has 15 heteroatoms. The normalized spacial score (nSPS) is 21.1. The number of carbonyl (C=O) groups is 2. The molecule has 238 valence electrons. The van der Waals surface area contributed by atoms with E-state index in [1.807, 2.05) is 0 Å². The van der Waals surface area contributed by atoms with Crippen LogP contribution in [-0.2, 0) is 11.3 Å². The molecule has 3 atom stereocenters. The van der Waals surface area contributed by atoms with E-state index in [2.05, 4.69) is 30.7 Å². The van der Waals surface area contributed by atoms with E-state index in [1.54, 1.807) is 27.5 Å². The number of nitrogens with one attached hydrogen (secondary N) is 2. The Kier molecular flexibility index (Phi) is 8.07. The van der Waals surface area contributed by atoms with Crippen molar-refractivity contribution >= 4 is 17.6 Å². The van der Waals surface area contributed by atoms with E-state index < -0.39 is 48.3 Å². The third kappa shape index (κ3) is 7.01. The zero-order valence-corrected chi connectivity index (χ0v) is 24.2. The lowest BCUT2D eigenvalue weighted by molar-refractivity contribution is -0.174. The summed E-state index contributed by atoms with van der Waals surface area (Å²) in [5, 5.41) is 9.91. The van der Waals surface area contributed by atoms with E-state index in [-0.39, 0.29) is 49.1 Å². The largest absolute Gasteiger partial charge is 0.392 e. The van der Waals surface area contributed by atoms with Crippen LogP contribution >= 0.6 is 0 Å². The number of fused-ring (bicyclic) bond motifs is 1. The van der Waals surface area contributed by atoms with E-state index in [4.69, 9.17) is 0 Å². The number of carbonyl (C=O) groups excluding carboxylic acids is 2. The van der Waals surface area contributed by atoms with Crippen LogP contribution in [0, 0.1) is 23.7 Å². The number of nitrogens with zero attached hydrogens (tertiary/aromatic N) is 6. The second-order valence-corrected chi connectivity index (χ2v) is 12.6. The summed E-state index contributed by atoms with van der Waals surface area (Å²) in [6, 6.07) is 0.420. The summed E-state index contributed by atoms with van der Waals surface area (Å²) in [6.07, 6.45) is 3.06. The number of amides is 2. The number of halogens is 5. The van der Waals surface area contributed by atoms with Gasteiger partial charge < -0.3 is 10.6 Å². The quantitative estimate of drug-likeness (QED) is 0.285. The minimum Gasteiger partial charge on any atom is -0.347 e. The van der Waals surface area contributed by atoms with Crippen LogP contribution in [0.1, 0.15) is 98.8 Å². The first kappa shape index (κ1) is 30.4. The van der Waals surface area contributed by atoms with Crippen LogP contribution in [0.2, 0.25) is 0 Å². The molecule has 0 spiro atoms. The Bertz CT molecular complexity index is 1500. The molecule has 0 bridgehead atoms. The van der Waals surface area contributed by atoms with E-state index in [1.165, 1.54) is 6.33 Å². The van der Waals surface area contributed by atoms with Crippen molar-refractivity contribution in [1.29, 1.82) is 0 Å². The zero-order chi connectivity index (χ0) is 31.2. The number of hydrogen-bond donors (Lipinski definition) is 2. The van der Waals surface area contributed by atoms with Crippen LogP contribution in [0.3, 0.4) is 0 Å². The molecule has 0 unspecified atom stereocenters. The molecule has 3 aromatic heterocycles. The van der Waals surface area contributed by atoms with Crippen molar-refractivity contribution in [2.75, 3.05) is 0 Å². The molecule has 0 aliphatic heterocycles. The number of imidazole rings is 1. The van der Waals surface area contributed by atoms with Gasteiger partial charge in [-0.2, -0.15) is 18.3 Å². The molecule has 0 saturated heterocycles. The third-order valence-electron chi connectivity index (χ3n) is 8.93. The van der Waals surface area contributed by atoms with Crippen molar-refractivity contribution in [3.05, 3.63) is 42.0 Å². The molecule has 2 N–H and O–H groups in total. The van der Waals surface area contributed by atoms with Gasteiger partial charge in [0.2, 0.25) is 23.4 Å². The smallest absolute Gasteiger partial charge is 0.347 e. The minimum absolute atomic E-state index is 0.0495. The van der Waals surface area contributed by atoms with Crippen molar-refractivity contribution < 1.29 is 31.5 Å². The monoisotopic (exact) mass is 622 g/mol. The van der Waals surface area contributed by atoms with E-state index in [9.17, 15) is 31.5 Å². The van der Waals surface area contributed by atoms with Crippen LogP contribution < -0.4 is 10.6 Å². The maximum absolute atomic E-state index is 14.1. The highest BCUT2D eigenvalue weighted by molar-refractivity contribution is 5.90. The first-order valence-electron chi connectivity index (χ1n) is 15.1. The summed E-state index contributed by atoms with van der Waals surface area (Å²) in [6.45, 7) is 1.56. The van der Waals surface area contributed by atoms with Crippen LogP contribution in [-0.4, -0.2) is 53.0 Å². The molecule has 44 heavy (non-hydrogen) atoms. The Hall–Kier alpha value is -3.65. The van der Waals surface area contributed by atoms with Crippen LogP contribution in [0.5, 0.6) is 0 Å². The Labute approximate surface area is 250 Å². The van der Waals surface area contributed by atoms with Gasteiger partial charge in [-0.1, -0.05) is 6.92 Å². The fraction of sp³-hybridized carbons (Fsp3) is 0.655. The fourth-order valence-electron chi connectivity index (χ4n) is 5.87. The summed E-state index contributed by atoms with van der Waals surface area (Å²) in [5.74, 6) is -5.11. The summed E-state index contributed by atoms with van der Waals surface area (Å²) in [5.41, 5.74) is 0.911. The molecule has 3 heterocycles.